The number of carbonyl (C=O) groups is 2. The van der Waals surface area contributed by atoms with E-state index in [-0.39, 0.29) is 17.6 Å². The maximum Gasteiger partial charge on any atom is 0.255 e. The number of amides is 1. The molecule has 6 heteroatoms. The molecule has 1 aliphatic carbocycles. The van der Waals surface area contributed by atoms with E-state index >= 15 is 0 Å². The van der Waals surface area contributed by atoms with E-state index in [1.165, 1.54) is 0 Å². The Morgan fingerprint density at radius 2 is 2.00 bits per heavy atom. The van der Waals surface area contributed by atoms with Gasteiger partial charge >= 0.3 is 0 Å². The van der Waals surface area contributed by atoms with Gasteiger partial charge in [-0.05, 0) is 55.5 Å². The predicted molar refractivity (Wildman–Crippen MR) is 120 cm³/mol. The normalized spacial score (nSPS) is 20.8. The standard InChI is InChI=1S/C25H27N3O3/c1-14-8-9-21(26-13-14)28-25(30)22-16(3)27-19-10-15(2)11-20(29)24(19)23(22)17-6-5-7-18(12-17)31-4/h5-9,12-13,15,23,27H,10-11H2,1-4H3,(H,26,28,30)/t15-,23-/m1/s1. The molecule has 2 N–H and O–H groups in total. The number of hydrogen-bond donors (Lipinski definition) is 2. The molecule has 0 fully saturated rings. The highest BCUT2D eigenvalue weighted by Gasteiger charge is 2.40. The van der Waals surface area contributed by atoms with Crippen LogP contribution in [0, 0.1) is 12.8 Å². The Bertz CT molecular complexity index is 1100. The van der Waals surface area contributed by atoms with Crippen molar-refractivity contribution in [1.82, 2.24) is 10.3 Å². The van der Waals surface area contributed by atoms with Gasteiger partial charge < -0.3 is 15.4 Å². The number of hydrogen-bond acceptors (Lipinski definition) is 5. The molecule has 0 bridgehead atoms. The van der Waals surface area contributed by atoms with E-state index < -0.39 is 5.92 Å². The van der Waals surface area contributed by atoms with Gasteiger partial charge in [-0.2, -0.15) is 0 Å². The molecular weight excluding hydrogens is 390 g/mol. The number of nitrogens with one attached hydrogen (secondary N) is 2. The van der Waals surface area contributed by atoms with E-state index in [1.807, 2.05) is 44.2 Å². The number of carbonyl (C=O) groups excluding carboxylic acids is 2. The molecule has 0 spiro atoms. The molecule has 1 amide bonds. The van der Waals surface area contributed by atoms with E-state index in [0.717, 1.165) is 28.9 Å². The summed E-state index contributed by atoms with van der Waals surface area (Å²) < 4.78 is 5.41. The molecule has 4 rings (SSSR count). The lowest BCUT2D eigenvalue weighted by Crippen LogP contribution is -2.37. The van der Waals surface area contributed by atoms with Crippen LogP contribution in [0.15, 0.2) is 65.1 Å². The monoisotopic (exact) mass is 417 g/mol. The van der Waals surface area contributed by atoms with Gasteiger partial charge in [0.2, 0.25) is 0 Å². The number of rotatable bonds is 4. The molecule has 2 heterocycles. The number of aromatic nitrogens is 1. The Balaban J connectivity index is 1.79. The minimum Gasteiger partial charge on any atom is -0.497 e. The molecule has 0 unspecified atom stereocenters. The van der Waals surface area contributed by atoms with Crippen LogP contribution in [0.2, 0.25) is 0 Å². The second kappa shape index (κ2) is 8.38. The van der Waals surface area contributed by atoms with Gasteiger partial charge in [0.1, 0.15) is 11.6 Å². The third-order valence-corrected chi connectivity index (χ3v) is 5.86. The molecule has 1 aliphatic heterocycles. The summed E-state index contributed by atoms with van der Waals surface area (Å²) in [7, 11) is 1.61. The van der Waals surface area contributed by atoms with Gasteiger partial charge in [0.15, 0.2) is 5.78 Å². The number of Topliss-reactive ketones (excluding diaryl/α,β-unsaturated/α-hetero) is 1. The first kappa shape index (κ1) is 20.8. The first-order chi connectivity index (χ1) is 14.9. The fraction of sp³-hybridized carbons (Fsp3) is 0.320. The van der Waals surface area contributed by atoms with Crippen molar-refractivity contribution in [3.63, 3.8) is 0 Å². The van der Waals surface area contributed by atoms with E-state index in [4.69, 9.17) is 4.74 Å². The van der Waals surface area contributed by atoms with E-state index in [1.54, 1.807) is 19.4 Å². The van der Waals surface area contributed by atoms with Gasteiger partial charge in [-0.1, -0.05) is 25.1 Å². The average molecular weight is 418 g/mol. The van der Waals surface area contributed by atoms with E-state index in [0.29, 0.717) is 29.1 Å². The van der Waals surface area contributed by atoms with Crippen molar-refractivity contribution < 1.29 is 14.3 Å². The number of dihydropyridines is 1. The second-order valence-electron chi connectivity index (χ2n) is 8.38. The molecule has 0 radical (unpaired) electrons. The van der Waals surface area contributed by atoms with Crippen molar-refractivity contribution in [3.8, 4) is 5.75 Å². The van der Waals surface area contributed by atoms with Crippen LogP contribution in [0.1, 0.15) is 43.7 Å². The van der Waals surface area contributed by atoms with Gasteiger partial charge in [0, 0.05) is 41.1 Å². The number of pyridine rings is 1. The minimum absolute atomic E-state index is 0.0836. The van der Waals surface area contributed by atoms with Crippen LogP contribution >= 0.6 is 0 Å². The van der Waals surface area contributed by atoms with Gasteiger partial charge in [0.25, 0.3) is 5.91 Å². The van der Waals surface area contributed by atoms with Crippen LogP contribution < -0.4 is 15.4 Å². The highest BCUT2D eigenvalue weighted by Crippen LogP contribution is 2.44. The summed E-state index contributed by atoms with van der Waals surface area (Å²) in [5.74, 6) is 0.782. The molecule has 31 heavy (non-hydrogen) atoms. The van der Waals surface area contributed by atoms with Crippen LogP contribution in [0.25, 0.3) is 0 Å². The highest BCUT2D eigenvalue weighted by atomic mass is 16.5. The SMILES string of the molecule is COc1cccc([C@@H]2C(C(=O)Nc3ccc(C)cn3)=C(C)NC3=C2C(=O)C[C@H](C)C3)c1. The number of allylic oxidation sites excluding steroid dienone is 3. The third-order valence-electron chi connectivity index (χ3n) is 5.86. The third kappa shape index (κ3) is 4.10. The molecule has 2 aromatic rings. The Labute approximate surface area is 182 Å². The van der Waals surface area contributed by atoms with Crippen LogP contribution in [-0.4, -0.2) is 23.8 Å². The summed E-state index contributed by atoms with van der Waals surface area (Å²) >= 11 is 0. The molecule has 160 valence electrons. The molecule has 1 aromatic carbocycles. The van der Waals surface area contributed by atoms with Crippen molar-refractivity contribution in [1.29, 1.82) is 0 Å². The zero-order valence-electron chi connectivity index (χ0n) is 18.3. The summed E-state index contributed by atoms with van der Waals surface area (Å²) in [5.41, 5.74) is 4.74. The molecular formula is C25H27N3O3. The number of ketones is 1. The van der Waals surface area contributed by atoms with Crippen molar-refractivity contribution in [2.24, 2.45) is 5.92 Å². The van der Waals surface area contributed by atoms with Crippen LogP contribution in [0.5, 0.6) is 5.75 Å². The van der Waals surface area contributed by atoms with Gasteiger partial charge in [-0.3, -0.25) is 9.59 Å². The summed E-state index contributed by atoms with van der Waals surface area (Å²) in [6, 6.07) is 11.3. The van der Waals surface area contributed by atoms with Crippen molar-refractivity contribution in [3.05, 3.63) is 76.3 Å². The Kier molecular flexibility index (Phi) is 5.63. The Hall–Kier alpha value is -3.41. The zero-order valence-corrected chi connectivity index (χ0v) is 18.3. The second-order valence-corrected chi connectivity index (χ2v) is 8.38. The predicted octanol–water partition coefficient (Wildman–Crippen LogP) is 4.25. The fourth-order valence-electron chi connectivity index (χ4n) is 4.41. The molecule has 2 aliphatic rings. The minimum atomic E-state index is -0.461. The first-order valence-electron chi connectivity index (χ1n) is 10.5. The smallest absolute Gasteiger partial charge is 0.255 e. The largest absolute Gasteiger partial charge is 0.497 e. The summed E-state index contributed by atoms with van der Waals surface area (Å²) in [5, 5.41) is 6.26. The molecule has 0 saturated heterocycles. The maximum atomic E-state index is 13.4. The summed E-state index contributed by atoms with van der Waals surface area (Å²) in [4.78, 5) is 30.9. The van der Waals surface area contributed by atoms with Crippen molar-refractivity contribution in [2.75, 3.05) is 12.4 Å². The lowest BCUT2D eigenvalue weighted by molar-refractivity contribution is -0.117. The van der Waals surface area contributed by atoms with Crippen LogP contribution in [0.4, 0.5) is 5.82 Å². The van der Waals surface area contributed by atoms with Gasteiger partial charge in [-0.15, -0.1) is 0 Å². The molecule has 2 atom stereocenters. The Morgan fingerprint density at radius 3 is 2.71 bits per heavy atom. The quantitative estimate of drug-likeness (QED) is 0.777. The van der Waals surface area contributed by atoms with Crippen LogP contribution in [-0.2, 0) is 9.59 Å². The zero-order chi connectivity index (χ0) is 22.1. The topological polar surface area (TPSA) is 80.3 Å². The highest BCUT2D eigenvalue weighted by molar-refractivity contribution is 6.09. The lowest BCUT2D eigenvalue weighted by atomic mass is 9.73. The summed E-state index contributed by atoms with van der Waals surface area (Å²) in [6.07, 6.45) is 2.98. The number of aryl methyl sites for hydroxylation is 1. The molecule has 1 aromatic heterocycles. The van der Waals surface area contributed by atoms with Crippen molar-refractivity contribution in [2.45, 2.75) is 39.5 Å². The Morgan fingerprint density at radius 1 is 1.19 bits per heavy atom. The van der Waals surface area contributed by atoms with E-state index in [9.17, 15) is 9.59 Å². The molecule has 6 nitrogen and oxygen atoms in total. The van der Waals surface area contributed by atoms with Gasteiger partial charge in [-0.25, -0.2) is 4.98 Å². The van der Waals surface area contributed by atoms with Crippen LogP contribution in [0.3, 0.4) is 0 Å². The maximum absolute atomic E-state index is 13.4. The molecule has 0 saturated carbocycles. The number of benzene rings is 1. The first-order valence-corrected chi connectivity index (χ1v) is 10.5. The van der Waals surface area contributed by atoms with Crippen molar-refractivity contribution >= 4 is 17.5 Å². The van der Waals surface area contributed by atoms with E-state index in [2.05, 4.69) is 22.5 Å². The number of nitrogens with zero attached hydrogens (tertiary/aromatic N) is 1. The fourth-order valence-corrected chi connectivity index (χ4v) is 4.41. The number of anilines is 1. The number of ether oxygens (including phenoxy) is 1. The lowest BCUT2D eigenvalue weighted by Gasteiger charge is -2.36. The average Bonchev–Trinajstić information content (AvgIpc) is 2.74. The van der Waals surface area contributed by atoms with Gasteiger partial charge in [0.05, 0.1) is 7.11 Å². The summed E-state index contributed by atoms with van der Waals surface area (Å²) in [6.45, 7) is 5.91. The number of methoxy groups -OCH3 is 1.